The number of alkyl halides is 3. The average molecular weight is 779 g/mol. The molecular weight excluding hydrogens is 745 g/mol. The first kappa shape index (κ1) is 38.4. The molecule has 0 spiro atoms. The van der Waals surface area contributed by atoms with Crippen molar-refractivity contribution in [1.29, 1.82) is 0 Å². The highest BCUT2D eigenvalue weighted by Crippen LogP contribution is 2.48. The van der Waals surface area contributed by atoms with Gasteiger partial charge < -0.3 is 31.3 Å². The summed E-state index contributed by atoms with van der Waals surface area (Å²) >= 11 is 6.04. The number of hydrogen-bond donors (Lipinski definition) is 5. The fraction of sp³-hybridized carbons (Fsp3) is 0.286. The lowest BCUT2D eigenvalue weighted by atomic mass is 9.93. The van der Waals surface area contributed by atoms with Crippen molar-refractivity contribution in [3.05, 3.63) is 95.3 Å². The first-order valence-electron chi connectivity index (χ1n) is 16.7. The highest BCUT2D eigenvalue weighted by atomic mass is 35.5. The van der Waals surface area contributed by atoms with Crippen molar-refractivity contribution < 1.29 is 32.3 Å². The second-order valence-electron chi connectivity index (χ2n) is 13.3. The molecule has 0 atom stereocenters. The Labute approximate surface area is 316 Å². The number of ether oxygens (including phenoxy) is 1. The summed E-state index contributed by atoms with van der Waals surface area (Å²) in [6.45, 7) is 2.22. The molecule has 0 saturated heterocycles. The van der Waals surface area contributed by atoms with Gasteiger partial charge in [0.15, 0.2) is 6.61 Å². The topological polar surface area (TPSA) is 203 Å². The number of hydrogen-bond acceptors (Lipinski definition) is 12. The second-order valence-corrected chi connectivity index (χ2v) is 13.8. The van der Waals surface area contributed by atoms with Gasteiger partial charge in [0.25, 0.3) is 5.91 Å². The summed E-state index contributed by atoms with van der Waals surface area (Å²) in [5.74, 6) is -2.26. The summed E-state index contributed by atoms with van der Waals surface area (Å²) in [6, 6.07) is 19.5. The van der Waals surface area contributed by atoms with E-state index in [0.29, 0.717) is 27.6 Å². The van der Waals surface area contributed by atoms with E-state index < -0.39 is 47.5 Å². The Hall–Kier alpha value is -6.37. The van der Waals surface area contributed by atoms with Gasteiger partial charge in [0, 0.05) is 29.4 Å². The molecular formula is C35H34ClF3N12O4. The summed E-state index contributed by atoms with van der Waals surface area (Å²) in [4.78, 5) is 50.7. The van der Waals surface area contributed by atoms with Gasteiger partial charge >= 0.3 is 24.0 Å². The lowest BCUT2D eigenvalue weighted by molar-refractivity contribution is -0.154. The number of benzene rings is 3. The largest absolute Gasteiger partial charge is 0.454 e. The Balaban J connectivity index is 1.03. The third-order valence-electron chi connectivity index (χ3n) is 8.29. The van der Waals surface area contributed by atoms with Gasteiger partial charge in [-0.2, -0.15) is 32.8 Å². The van der Waals surface area contributed by atoms with Crippen LogP contribution >= 0.6 is 11.6 Å². The highest BCUT2D eigenvalue weighted by Gasteiger charge is 2.45. The summed E-state index contributed by atoms with van der Waals surface area (Å²) in [5, 5.41) is 25.6. The van der Waals surface area contributed by atoms with Crippen LogP contribution in [0, 0.1) is 5.41 Å². The molecule has 5 aromatic rings. The van der Waals surface area contributed by atoms with Gasteiger partial charge in [-0.25, -0.2) is 0 Å². The minimum absolute atomic E-state index is 0.00353. The van der Waals surface area contributed by atoms with Gasteiger partial charge in [0.1, 0.15) is 6.33 Å². The van der Waals surface area contributed by atoms with E-state index in [9.17, 15) is 27.6 Å². The van der Waals surface area contributed by atoms with Crippen LogP contribution in [0.2, 0.25) is 5.02 Å². The molecule has 2 heterocycles. The lowest BCUT2D eigenvalue weighted by Gasteiger charge is -2.25. The number of carbonyl (C=O) groups excluding carboxylic acids is 3. The summed E-state index contributed by atoms with van der Waals surface area (Å²) in [6.07, 6.45) is -1.80. The fourth-order valence-electron chi connectivity index (χ4n) is 5.22. The molecule has 5 N–H and O–H groups in total. The minimum atomic E-state index is -4.61. The Morgan fingerprint density at radius 2 is 1.56 bits per heavy atom. The SMILES string of the molecule is CC(C)(CNC(=O)C(=O)Nc1ccccc1-n1cnnn1)CNC(=O)c1ccc(Nc2nc(NC3(c4ccc(Cl)cc4)CC3)nc(OCC(F)(F)F)n2)cc1. The molecule has 3 aromatic carbocycles. The number of rotatable bonds is 14. The number of nitrogens with one attached hydrogen (secondary N) is 5. The van der Waals surface area contributed by atoms with Gasteiger partial charge in [-0.1, -0.05) is 49.7 Å². The number of anilines is 4. The number of tetrazole rings is 1. The van der Waals surface area contributed by atoms with E-state index in [1.807, 2.05) is 12.1 Å². The molecule has 0 aliphatic heterocycles. The van der Waals surface area contributed by atoms with Crippen LogP contribution in [-0.2, 0) is 15.1 Å². The summed E-state index contributed by atoms with van der Waals surface area (Å²) in [7, 11) is 0. The van der Waals surface area contributed by atoms with Crippen LogP contribution in [0.15, 0.2) is 79.1 Å². The zero-order valence-corrected chi connectivity index (χ0v) is 30.1. The van der Waals surface area contributed by atoms with E-state index in [4.69, 9.17) is 16.3 Å². The van der Waals surface area contributed by atoms with Gasteiger partial charge in [0.2, 0.25) is 11.9 Å². The summed E-state index contributed by atoms with van der Waals surface area (Å²) < 4.78 is 45.1. The number of nitrogens with zero attached hydrogens (tertiary/aromatic N) is 7. The van der Waals surface area contributed by atoms with Gasteiger partial charge in [-0.05, 0) is 82.8 Å². The number of aromatic nitrogens is 7. The van der Waals surface area contributed by atoms with Crippen LogP contribution < -0.4 is 31.3 Å². The standard InChI is InChI=1S/C35H34ClF3N12O4/c1-33(2,18-41-28(53)29(54)44-25-5-3-4-6-26(25)51-20-42-49-50-51)17-40-27(52)21-7-13-24(14-8-21)43-30-45-31(47-32(46-30)55-19-35(37,38)39)48-34(15-16-34)22-9-11-23(36)12-10-22/h3-14,20H,15-19H2,1-2H3,(H,40,52)(H,41,53)(H,44,54)(H2,43,45,46,47,48). The van der Waals surface area contributed by atoms with E-state index in [2.05, 4.69) is 57.1 Å². The third kappa shape index (κ3) is 10.4. The predicted molar refractivity (Wildman–Crippen MR) is 194 cm³/mol. The van der Waals surface area contributed by atoms with E-state index in [1.54, 1.807) is 62.4 Å². The number of amides is 3. The van der Waals surface area contributed by atoms with Crippen molar-refractivity contribution in [2.45, 2.75) is 38.4 Å². The Morgan fingerprint density at radius 1 is 0.873 bits per heavy atom. The Morgan fingerprint density at radius 3 is 2.24 bits per heavy atom. The Bertz CT molecular complexity index is 2150. The monoisotopic (exact) mass is 778 g/mol. The minimum Gasteiger partial charge on any atom is -0.454 e. The maximum atomic E-state index is 13.0. The molecule has 0 radical (unpaired) electrons. The molecule has 1 saturated carbocycles. The van der Waals surface area contributed by atoms with E-state index in [1.165, 1.54) is 23.1 Å². The van der Waals surface area contributed by atoms with Gasteiger partial charge in [0.05, 0.1) is 16.9 Å². The van der Waals surface area contributed by atoms with Crippen molar-refractivity contribution in [2.75, 3.05) is 35.6 Å². The molecule has 1 aliphatic rings. The zero-order chi connectivity index (χ0) is 39.2. The van der Waals surface area contributed by atoms with Crippen molar-refractivity contribution in [3.8, 4) is 11.7 Å². The van der Waals surface area contributed by atoms with E-state index in [-0.39, 0.29) is 25.0 Å². The van der Waals surface area contributed by atoms with Crippen LogP contribution in [0.25, 0.3) is 5.69 Å². The van der Waals surface area contributed by atoms with Crippen LogP contribution in [0.1, 0.15) is 42.6 Å². The van der Waals surface area contributed by atoms with Gasteiger partial charge in [-0.3, -0.25) is 14.4 Å². The predicted octanol–water partition coefficient (Wildman–Crippen LogP) is 4.80. The summed E-state index contributed by atoms with van der Waals surface area (Å²) in [5.41, 5.74) is 1.26. The van der Waals surface area contributed by atoms with Crippen molar-refractivity contribution >= 4 is 52.6 Å². The maximum absolute atomic E-state index is 13.0. The maximum Gasteiger partial charge on any atom is 0.422 e. The first-order chi connectivity index (χ1) is 26.2. The molecule has 6 rings (SSSR count). The van der Waals surface area contributed by atoms with Crippen LogP contribution in [0.4, 0.5) is 36.4 Å². The quantitative estimate of drug-likeness (QED) is 0.0966. The van der Waals surface area contributed by atoms with Crippen molar-refractivity contribution in [1.82, 2.24) is 45.8 Å². The molecule has 1 fully saturated rings. The lowest BCUT2D eigenvalue weighted by Crippen LogP contribution is -2.45. The highest BCUT2D eigenvalue weighted by molar-refractivity contribution is 6.39. The average Bonchev–Trinajstić information content (AvgIpc) is 3.71. The molecule has 20 heteroatoms. The third-order valence-corrected chi connectivity index (χ3v) is 8.54. The van der Waals surface area contributed by atoms with E-state index >= 15 is 0 Å². The molecule has 0 bridgehead atoms. The second kappa shape index (κ2) is 15.9. The molecule has 55 heavy (non-hydrogen) atoms. The van der Waals surface area contributed by atoms with Crippen LogP contribution in [0.3, 0.4) is 0 Å². The van der Waals surface area contributed by atoms with Crippen LogP contribution in [-0.4, -0.2) is 78.8 Å². The molecule has 0 unspecified atom stereocenters. The normalized spacial score (nSPS) is 13.3. The first-order valence-corrected chi connectivity index (χ1v) is 17.1. The Kier molecular flexibility index (Phi) is 11.1. The molecule has 16 nitrogen and oxygen atoms in total. The van der Waals surface area contributed by atoms with Crippen molar-refractivity contribution in [3.63, 3.8) is 0 Å². The van der Waals surface area contributed by atoms with Crippen LogP contribution in [0.5, 0.6) is 6.01 Å². The molecule has 3 amide bonds. The number of halogens is 4. The smallest absolute Gasteiger partial charge is 0.422 e. The molecule has 286 valence electrons. The number of para-hydroxylation sites is 2. The van der Waals surface area contributed by atoms with Crippen molar-refractivity contribution in [2.24, 2.45) is 5.41 Å². The molecule has 2 aromatic heterocycles. The molecule has 1 aliphatic carbocycles. The zero-order valence-electron chi connectivity index (χ0n) is 29.3. The van der Waals surface area contributed by atoms with E-state index in [0.717, 1.165) is 18.4 Å². The van der Waals surface area contributed by atoms with Gasteiger partial charge in [-0.15, -0.1) is 5.10 Å². The number of carbonyl (C=O) groups is 3. The fourth-order valence-corrected chi connectivity index (χ4v) is 5.35.